The number of piperidine rings is 1. The van der Waals surface area contributed by atoms with E-state index in [2.05, 4.69) is 35.0 Å². The fourth-order valence-corrected chi connectivity index (χ4v) is 3.84. The molecule has 8 nitrogen and oxygen atoms in total. The average Bonchev–Trinajstić information content (AvgIpc) is 3.24. The van der Waals surface area contributed by atoms with Gasteiger partial charge in [-0.15, -0.1) is 20.4 Å². The van der Waals surface area contributed by atoms with Gasteiger partial charge >= 0.3 is 0 Å². The fourth-order valence-electron chi connectivity index (χ4n) is 3.84. The van der Waals surface area contributed by atoms with E-state index in [0.29, 0.717) is 11.6 Å². The van der Waals surface area contributed by atoms with Crippen molar-refractivity contribution in [2.45, 2.75) is 18.8 Å². The third-order valence-electron chi connectivity index (χ3n) is 5.44. The molecule has 0 atom stereocenters. The van der Waals surface area contributed by atoms with E-state index in [-0.39, 0.29) is 5.91 Å². The minimum Gasteiger partial charge on any atom is -0.355 e. The molecule has 30 heavy (non-hydrogen) atoms. The van der Waals surface area contributed by atoms with Crippen LogP contribution in [0.4, 0.5) is 11.5 Å². The van der Waals surface area contributed by atoms with Gasteiger partial charge in [0.2, 0.25) is 0 Å². The number of benzene rings is 1. The van der Waals surface area contributed by atoms with Gasteiger partial charge in [0.05, 0.1) is 0 Å². The number of carbonyl (C=O) groups excluding carboxylic acids is 1. The molecule has 1 amide bonds. The van der Waals surface area contributed by atoms with Gasteiger partial charge in [0.15, 0.2) is 17.2 Å². The van der Waals surface area contributed by atoms with Crippen LogP contribution in [0.3, 0.4) is 0 Å². The summed E-state index contributed by atoms with van der Waals surface area (Å²) >= 11 is 0. The second-order valence-corrected chi connectivity index (χ2v) is 7.35. The predicted octanol–water partition coefficient (Wildman–Crippen LogP) is 3.16. The van der Waals surface area contributed by atoms with Gasteiger partial charge in [0.25, 0.3) is 5.91 Å². The van der Waals surface area contributed by atoms with Crippen LogP contribution in [-0.4, -0.2) is 43.8 Å². The Hall–Kier alpha value is -3.81. The third-order valence-corrected chi connectivity index (χ3v) is 5.44. The number of aromatic nitrogens is 5. The first-order valence-corrected chi connectivity index (χ1v) is 10.0. The Morgan fingerprint density at radius 2 is 1.67 bits per heavy atom. The summed E-state index contributed by atoms with van der Waals surface area (Å²) in [4.78, 5) is 14.5. The number of amides is 1. The van der Waals surface area contributed by atoms with Crippen LogP contribution in [0.2, 0.25) is 0 Å². The standard InChI is InChI=1S/C22H21N7O/c30-22(23-17-6-2-1-3-7-17)18-9-10-19(25-24-18)28-14-11-16(12-15-28)21-27-26-20-8-4-5-13-29(20)21/h1-10,13,16H,11-12,14-15H2,(H,23,30). The first-order valence-electron chi connectivity index (χ1n) is 10.0. The van der Waals surface area contributed by atoms with Crippen molar-refractivity contribution in [3.8, 4) is 0 Å². The molecule has 1 aliphatic rings. The molecule has 0 radical (unpaired) electrons. The lowest BCUT2D eigenvalue weighted by Gasteiger charge is -2.31. The Morgan fingerprint density at radius 3 is 2.43 bits per heavy atom. The van der Waals surface area contributed by atoms with Crippen LogP contribution < -0.4 is 10.2 Å². The van der Waals surface area contributed by atoms with Crippen molar-refractivity contribution in [1.82, 2.24) is 24.8 Å². The molecule has 150 valence electrons. The van der Waals surface area contributed by atoms with E-state index in [1.807, 2.05) is 60.8 Å². The number of pyridine rings is 1. The van der Waals surface area contributed by atoms with Crippen LogP contribution >= 0.6 is 0 Å². The molecule has 1 saturated heterocycles. The molecule has 0 aliphatic carbocycles. The molecule has 1 aliphatic heterocycles. The normalized spacial score (nSPS) is 14.7. The minimum atomic E-state index is -0.266. The highest BCUT2D eigenvalue weighted by atomic mass is 16.1. The van der Waals surface area contributed by atoms with Crippen LogP contribution in [0, 0.1) is 0 Å². The van der Waals surface area contributed by atoms with Crippen LogP contribution in [-0.2, 0) is 0 Å². The van der Waals surface area contributed by atoms with Gasteiger partial charge in [-0.25, -0.2) is 0 Å². The molecule has 1 aromatic carbocycles. The fraction of sp³-hybridized carbons (Fsp3) is 0.227. The van der Waals surface area contributed by atoms with E-state index in [4.69, 9.17) is 0 Å². The quantitative estimate of drug-likeness (QED) is 0.567. The van der Waals surface area contributed by atoms with Gasteiger partial charge in [-0.2, -0.15) is 0 Å². The van der Waals surface area contributed by atoms with E-state index in [9.17, 15) is 4.79 Å². The molecular formula is C22H21N7O. The number of nitrogens with zero attached hydrogens (tertiary/aromatic N) is 6. The number of anilines is 2. The molecule has 5 rings (SSSR count). The minimum absolute atomic E-state index is 0.266. The zero-order valence-corrected chi connectivity index (χ0v) is 16.3. The molecule has 8 heteroatoms. The number of rotatable bonds is 4. The van der Waals surface area contributed by atoms with Crippen molar-refractivity contribution in [1.29, 1.82) is 0 Å². The number of para-hydroxylation sites is 1. The zero-order chi connectivity index (χ0) is 20.3. The SMILES string of the molecule is O=C(Nc1ccccc1)c1ccc(N2CCC(c3nnc4ccccn34)CC2)nn1. The predicted molar refractivity (Wildman–Crippen MR) is 114 cm³/mol. The largest absolute Gasteiger partial charge is 0.355 e. The topological polar surface area (TPSA) is 88.3 Å². The monoisotopic (exact) mass is 399 g/mol. The summed E-state index contributed by atoms with van der Waals surface area (Å²) in [5.41, 5.74) is 1.91. The van der Waals surface area contributed by atoms with E-state index in [1.54, 1.807) is 6.07 Å². The smallest absolute Gasteiger partial charge is 0.276 e. The summed E-state index contributed by atoms with van der Waals surface area (Å²) in [6, 6.07) is 18.8. The first-order chi connectivity index (χ1) is 14.8. The van der Waals surface area contributed by atoms with Gasteiger partial charge in [-0.1, -0.05) is 24.3 Å². The lowest BCUT2D eigenvalue weighted by atomic mass is 9.96. The molecule has 0 bridgehead atoms. The van der Waals surface area contributed by atoms with E-state index >= 15 is 0 Å². The van der Waals surface area contributed by atoms with Gasteiger partial charge < -0.3 is 10.2 Å². The number of fused-ring (bicyclic) bond motifs is 1. The van der Waals surface area contributed by atoms with E-state index in [1.165, 1.54) is 0 Å². The summed E-state index contributed by atoms with van der Waals surface area (Å²) in [5.74, 6) is 1.90. The van der Waals surface area contributed by atoms with Crippen molar-refractivity contribution in [3.63, 3.8) is 0 Å². The average molecular weight is 399 g/mol. The summed E-state index contributed by atoms with van der Waals surface area (Å²) in [6.07, 6.45) is 3.95. The number of nitrogens with one attached hydrogen (secondary N) is 1. The van der Waals surface area contributed by atoms with Crippen molar-refractivity contribution in [3.05, 3.63) is 78.4 Å². The molecule has 4 heterocycles. The van der Waals surface area contributed by atoms with E-state index < -0.39 is 0 Å². The summed E-state index contributed by atoms with van der Waals surface area (Å²) in [5, 5.41) is 19.9. The van der Waals surface area contributed by atoms with Gasteiger partial charge in [-0.3, -0.25) is 9.20 Å². The highest BCUT2D eigenvalue weighted by molar-refractivity contribution is 6.02. The number of hydrogen-bond donors (Lipinski definition) is 1. The number of carbonyl (C=O) groups is 1. The molecular weight excluding hydrogens is 378 g/mol. The van der Waals surface area contributed by atoms with Crippen molar-refractivity contribution in [2.24, 2.45) is 0 Å². The highest BCUT2D eigenvalue weighted by Gasteiger charge is 2.25. The first kappa shape index (κ1) is 18.2. The molecule has 0 saturated carbocycles. The Labute approximate surface area is 173 Å². The van der Waals surface area contributed by atoms with Crippen molar-refractivity contribution in [2.75, 3.05) is 23.3 Å². The summed E-state index contributed by atoms with van der Waals surface area (Å²) < 4.78 is 2.07. The zero-order valence-electron chi connectivity index (χ0n) is 16.3. The third kappa shape index (κ3) is 3.59. The molecule has 1 fully saturated rings. The number of hydrogen-bond acceptors (Lipinski definition) is 6. The maximum absolute atomic E-state index is 12.3. The maximum Gasteiger partial charge on any atom is 0.276 e. The lowest BCUT2D eigenvalue weighted by Crippen LogP contribution is -2.34. The van der Waals surface area contributed by atoms with E-state index in [0.717, 1.165) is 48.9 Å². The summed E-state index contributed by atoms with van der Waals surface area (Å²) in [7, 11) is 0. The molecule has 0 unspecified atom stereocenters. The lowest BCUT2D eigenvalue weighted by molar-refractivity contribution is 0.102. The maximum atomic E-state index is 12.3. The Kier molecular flexibility index (Phi) is 4.80. The second kappa shape index (κ2) is 7.90. The van der Waals surface area contributed by atoms with Gasteiger partial charge in [0, 0.05) is 30.9 Å². The van der Waals surface area contributed by atoms with Gasteiger partial charge in [-0.05, 0) is 49.2 Å². The molecule has 3 aromatic heterocycles. The van der Waals surface area contributed by atoms with Crippen molar-refractivity contribution >= 4 is 23.1 Å². The summed E-state index contributed by atoms with van der Waals surface area (Å²) in [6.45, 7) is 1.72. The van der Waals surface area contributed by atoms with Crippen LogP contribution in [0.5, 0.6) is 0 Å². The van der Waals surface area contributed by atoms with Crippen molar-refractivity contribution < 1.29 is 4.79 Å². The van der Waals surface area contributed by atoms with Crippen LogP contribution in [0.15, 0.2) is 66.9 Å². The second-order valence-electron chi connectivity index (χ2n) is 7.35. The highest BCUT2D eigenvalue weighted by Crippen LogP contribution is 2.29. The molecule has 1 N–H and O–H groups in total. The Bertz CT molecular complexity index is 1150. The van der Waals surface area contributed by atoms with Gasteiger partial charge in [0.1, 0.15) is 5.82 Å². The Balaban J connectivity index is 1.23. The van der Waals surface area contributed by atoms with Crippen LogP contribution in [0.25, 0.3) is 5.65 Å². The molecule has 0 spiro atoms. The van der Waals surface area contributed by atoms with Crippen LogP contribution in [0.1, 0.15) is 35.1 Å². The molecule has 4 aromatic rings. The Morgan fingerprint density at radius 1 is 0.867 bits per heavy atom.